The van der Waals surface area contributed by atoms with Gasteiger partial charge in [-0.3, -0.25) is 0 Å². The minimum absolute atomic E-state index is 0.0784. The van der Waals surface area contributed by atoms with Crippen molar-refractivity contribution in [3.63, 3.8) is 0 Å². The Hall–Kier alpha value is -1.01. The number of nitrogens with zero attached hydrogens (tertiary/aromatic N) is 2. The van der Waals surface area contributed by atoms with Crippen LogP contribution >= 0.6 is 0 Å². The predicted octanol–water partition coefficient (Wildman–Crippen LogP) is 0.505. The Morgan fingerprint density at radius 1 is 1.38 bits per heavy atom. The quantitative estimate of drug-likeness (QED) is 0.778. The number of sulfone groups is 1. The van der Waals surface area contributed by atoms with Crippen molar-refractivity contribution in [3.05, 3.63) is 17.6 Å². The Bertz CT molecular complexity index is 469. The lowest BCUT2D eigenvalue weighted by atomic mass is 10.2. The summed E-state index contributed by atoms with van der Waals surface area (Å²) in [5, 5.41) is 0.0784. The van der Waals surface area contributed by atoms with Gasteiger partial charge in [0.05, 0.1) is 0 Å². The van der Waals surface area contributed by atoms with Crippen LogP contribution in [0.5, 0.6) is 0 Å². The molecule has 0 unspecified atom stereocenters. The van der Waals surface area contributed by atoms with Crippen LogP contribution in [0, 0.1) is 0 Å². The van der Waals surface area contributed by atoms with Crippen LogP contribution in [0.3, 0.4) is 0 Å². The van der Waals surface area contributed by atoms with Crippen molar-refractivity contribution >= 4 is 9.84 Å². The molecule has 1 heterocycles. The van der Waals surface area contributed by atoms with E-state index in [-0.39, 0.29) is 10.9 Å². The zero-order valence-electron chi connectivity index (χ0n) is 9.77. The summed E-state index contributed by atoms with van der Waals surface area (Å²) >= 11 is 0. The summed E-state index contributed by atoms with van der Waals surface area (Å²) in [4.78, 5) is 8.33. The number of rotatable bonds is 4. The third-order valence-electron chi connectivity index (χ3n) is 2.07. The maximum absolute atomic E-state index is 11.4. The van der Waals surface area contributed by atoms with Crippen molar-refractivity contribution in [1.82, 2.24) is 9.97 Å². The highest BCUT2D eigenvalue weighted by Crippen LogP contribution is 2.14. The Kier molecular flexibility index (Phi) is 3.98. The van der Waals surface area contributed by atoms with Gasteiger partial charge in [0, 0.05) is 24.3 Å². The zero-order valence-corrected chi connectivity index (χ0v) is 10.6. The standard InChI is InChI=1S/C10H17N3O2S/c1-7(2)10-12-8(4-5-11)6-9(13-10)16(3,14)15/h6-7H,4-5,11H2,1-3H3. The van der Waals surface area contributed by atoms with E-state index in [2.05, 4.69) is 9.97 Å². The maximum Gasteiger partial charge on any atom is 0.192 e. The van der Waals surface area contributed by atoms with E-state index in [1.54, 1.807) is 0 Å². The van der Waals surface area contributed by atoms with Gasteiger partial charge in [-0.15, -0.1) is 0 Å². The summed E-state index contributed by atoms with van der Waals surface area (Å²) in [6.07, 6.45) is 1.70. The number of aromatic nitrogens is 2. The molecule has 0 aromatic carbocycles. The van der Waals surface area contributed by atoms with E-state index in [9.17, 15) is 8.42 Å². The molecule has 0 aliphatic rings. The van der Waals surface area contributed by atoms with Gasteiger partial charge in [-0.25, -0.2) is 18.4 Å². The first-order valence-electron chi connectivity index (χ1n) is 5.12. The summed E-state index contributed by atoms with van der Waals surface area (Å²) in [6, 6.07) is 1.49. The first-order valence-corrected chi connectivity index (χ1v) is 7.01. The van der Waals surface area contributed by atoms with Crippen molar-refractivity contribution in [1.29, 1.82) is 0 Å². The Labute approximate surface area is 96.0 Å². The molecular formula is C10H17N3O2S. The molecule has 0 saturated heterocycles. The molecule has 1 aromatic rings. The van der Waals surface area contributed by atoms with Gasteiger partial charge in [-0.2, -0.15) is 0 Å². The normalized spacial score (nSPS) is 12.1. The van der Waals surface area contributed by atoms with Crippen LogP contribution < -0.4 is 5.73 Å². The van der Waals surface area contributed by atoms with Crippen LogP contribution in [0.4, 0.5) is 0 Å². The lowest BCUT2D eigenvalue weighted by Crippen LogP contribution is -2.11. The SMILES string of the molecule is CC(C)c1nc(CCN)cc(S(C)(=O)=O)n1. The second-order valence-electron chi connectivity index (χ2n) is 4.02. The van der Waals surface area contributed by atoms with E-state index >= 15 is 0 Å². The highest BCUT2D eigenvalue weighted by molar-refractivity contribution is 7.90. The average molecular weight is 243 g/mol. The molecule has 0 saturated carbocycles. The minimum atomic E-state index is -3.29. The summed E-state index contributed by atoms with van der Waals surface area (Å²) in [6.45, 7) is 4.29. The van der Waals surface area contributed by atoms with Crippen LogP contribution in [0.15, 0.2) is 11.1 Å². The second-order valence-corrected chi connectivity index (χ2v) is 5.98. The number of nitrogens with two attached hydrogens (primary N) is 1. The largest absolute Gasteiger partial charge is 0.330 e. The van der Waals surface area contributed by atoms with Crippen molar-refractivity contribution in [2.75, 3.05) is 12.8 Å². The van der Waals surface area contributed by atoms with E-state index < -0.39 is 9.84 Å². The van der Waals surface area contributed by atoms with E-state index in [0.29, 0.717) is 24.5 Å². The summed E-state index contributed by atoms with van der Waals surface area (Å²) in [5.74, 6) is 0.643. The Morgan fingerprint density at radius 2 is 2.00 bits per heavy atom. The van der Waals surface area contributed by atoms with Crippen molar-refractivity contribution < 1.29 is 8.42 Å². The van der Waals surface area contributed by atoms with Gasteiger partial charge in [-0.05, 0) is 12.6 Å². The predicted molar refractivity (Wildman–Crippen MR) is 62.0 cm³/mol. The molecule has 1 rings (SSSR count). The third kappa shape index (κ3) is 3.24. The first-order chi connectivity index (χ1) is 7.34. The van der Waals surface area contributed by atoms with Crippen LogP contribution in [-0.2, 0) is 16.3 Å². The van der Waals surface area contributed by atoms with Crippen LogP contribution in [-0.4, -0.2) is 31.2 Å². The van der Waals surface area contributed by atoms with Gasteiger partial charge in [0.1, 0.15) is 5.82 Å². The van der Waals surface area contributed by atoms with Crippen molar-refractivity contribution in [2.24, 2.45) is 5.73 Å². The molecule has 90 valence electrons. The molecular weight excluding hydrogens is 226 g/mol. The molecule has 0 aliphatic carbocycles. The fourth-order valence-corrected chi connectivity index (χ4v) is 1.83. The van der Waals surface area contributed by atoms with Gasteiger partial charge in [-0.1, -0.05) is 13.8 Å². The van der Waals surface area contributed by atoms with Crippen molar-refractivity contribution in [3.8, 4) is 0 Å². The molecule has 0 amide bonds. The fourth-order valence-electron chi connectivity index (χ4n) is 1.22. The highest BCUT2D eigenvalue weighted by atomic mass is 32.2. The first kappa shape index (κ1) is 13.1. The lowest BCUT2D eigenvalue weighted by Gasteiger charge is -2.08. The molecule has 0 aliphatic heterocycles. The Balaban J connectivity index is 3.30. The third-order valence-corrected chi connectivity index (χ3v) is 3.04. The van der Waals surface area contributed by atoms with Crippen LogP contribution in [0.1, 0.15) is 31.3 Å². The average Bonchev–Trinajstić information content (AvgIpc) is 2.16. The monoisotopic (exact) mass is 243 g/mol. The fraction of sp³-hybridized carbons (Fsp3) is 0.600. The van der Waals surface area contributed by atoms with E-state index in [1.807, 2.05) is 13.8 Å². The van der Waals surface area contributed by atoms with Gasteiger partial charge < -0.3 is 5.73 Å². The van der Waals surface area contributed by atoms with Gasteiger partial charge in [0.2, 0.25) is 0 Å². The maximum atomic E-state index is 11.4. The molecule has 5 nitrogen and oxygen atoms in total. The highest BCUT2D eigenvalue weighted by Gasteiger charge is 2.14. The molecule has 0 bridgehead atoms. The smallest absolute Gasteiger partial charge is 0.192 e. The van der Waals surface area contributed by atoms with E-state index in [0.717, 1.165) is 6.26 Å². The lowest BCUT2D eigenvalue weighted by molar-refractivity contribution is 0.594. The molecule has 2 N–H and O–H groups in total. The number of hydrogen-bond donors (Lipinski definition) is 1. The topological polar surface area (TPSA) is 85.9 Å². The van der Waals surface area contributed by atoms with E-state index in [4.69, 9.17) is 5.73 Å². The summed E-state index contributed by atoms with van der Waals surface area (Å²) in [7, 11) is -3.29. The molecule has 0 fully saturated rings. The van der Waals surface area contributed by atoms with Gasteiger partial charge in [0.15, 0.2) is 14.9 Å². The molecule has 16 heavy (non-hydrogen) atoms. The molecule has 0 radical (unpaired) electrons. The Morgan fingerprint density at radius 3 is 2.44 bits per heavy atom. The second kappa shape index (κ2) is 4.88. The van der Waals surface area contributed by atoms with Crippen LogP contribution in [0.2, 0.25) is 0 Å². The van der Waals surface area contributed by atoms with Gasteiger partial charge in [0.25, 0.3) is 0 Å². The zero-order chi connectivity index (χ0) is 12.3. The van der Waals surface area contributed by atoms with Crippen LogP contribution in [0.25, 0.3) is 0 Å². The summed E-state index contributed by atoms with van der Waals surface area (Å²) < 4.78 is 22.9. The van der Waals surface area contributed by atoms with E-state index in [1.165, 1.54) is 6.07 Å². The van der Waals surface area contributed by atoms with Crippen molar-refractivity contribution in [2.45, 2.75) is 31.2 Å². The molecule has 1 aromatic heterocycles. The number of hydrogen-bond acceptors (Lipinski definition) is 5. The molecule has 6 heteroatoms. The van der Waals surface area contributed by atoms with Gasteiger partial charge >= 0.3 is 0 Å². The minimum Gasteiger partial charge on any atom is -0.330 e. The molecule has 0 atom stereocenters. The molecule has 0 spiro atoms. The summed E-state index contributed by atoms with van der Waals surface area (Å²) in [5.41, 5.74) is 6.12.